The number of amides is 2. The predicted octanol–water partition coefficient (Wildman–Crippen LogP) is 3.18. The van der Waals surface area contributed by atoms with Gasteiger partial charge in [0.1, 0.15) is 0 Å². The standard InChI is InChI=1S/C19H25ClN4O2/c1-5-12(2)22-17(25)10-11-21-19(26)15-6-8-16(9-7-15)24-14(4)18(20)13(3)23-24/h6-9,12H,5,10-11H2,1-4H3,(H,21,26)(H,22,25). The number of halogens is 1. The molecular weight excluding hydrogens is 352 g/mol. The van der Waals surface area contributed by atoms with Crippen molar-refractivity contribution in [3.63, 3.8) is 0 Å². The highest BCUT2D eigenvalue weighted by atomic mass is 35.5. The molecule has 2 amide bonds. The van der Waals surface area contributed by atoms with Crippen LogP contribution in [0.4, 0.5) is 0 Å². The summed E-state index contributed by atoms with van der Waals surface area (Å²) in [5.41, 5.74) is 2.99. The highest BCUT2D eigenvalue weighted by Crippen LogP contribution is 2.22. The summed E-state index contributed by atoms with van der Waals surface area (Å²) in [6.07, 6.45) is 1.14. The molecule has 26 heavy (non-hydrogen) atoms. The Kier molecular flexibility index (Phi) is 6.80. The van der Waals surface area contributed by atoms with Crippen molar-refractivity contribution in [1.82, 2.24) is 20.4 Å². The van der Waals surface area contributed by atoms with Gasteiger partial charge in [-0.25, -0.2) is 4.68 Å². The van der Waals surface area contributed by atoms with Gasteiger partial charge in [0.05, 0.1) is 22.1 Å². The van der Waals surface area contributed by atoms with E-state index in [1.165, 1.54) is 0 Å². The minimum atomic E-state index is -0.209. The van der Waals surface area contributed by atoms with E-state index in [9.17, 15) is 9.59 Å². The Balaban J connectivity index is 1.92. The van der Waals surface area contributed by atoms with E-state index in [2.05, 4.69) is 15.7 Å². The Morgan fingerprint density at radius 1 is 1.23 bits per heavy atom. The normalized spacial score (nSPS) is 11.9. The molecule has 2 rings (SSSR count). The van der Waals surface area contributed by atoms with Crippen molar-refractivity contribution in [3.8, 4) is 5.69 Å². The summed E-state index contributed by atoms with van der Waals surface area (Å²) < 4.78 is 1.75. The predicted molar refractivity (Wildman–Crippen MR) is 103 cm³/mol. The van der Waals surface area contributed by atoms with Crippen LogP contribution in [-0.2, 0) is 4.79 Å². The Morgan fingerprint density at radius 2 is 1.88 bits per heavy atom. The molecule has 7 heteroatoms. The minimum Gasteiger partial charge on any atom is -0.354 e. The van der Waals surface area contributed by atoms with Crippen LogP contribution in [0.1, 0.15) is 48.4 Å². The van der Waals surface area contributed by atoms with Gasteiger partial charge in [0, 0.05) is 24.6 Å². The van der Waals surface area contributed by atoms with Gasteiger partial charge in [-0.2, -0.15) is 5.10 Å². The molecule has 0 saturated carbocycles. The lowest BCUT2D eigenvalue weighted by Crippen LogP contribution is -2.35. The Hall–Kier alpha value is -2.34. The maximum Gasteiger partial charge on any atom is 0.251 e. The van der Waals surface area contributed by atoms with Gasteiger partial charge in [0.15, 0.2) is 0 Å². The first-order valence-corrected chi connectivity index (χ1v) is 9.11. The Morgan fingerprint density at radius 3 is 2.42 bits per heavy atom. The molecule has 0 aliphatic rings. The second kappa shape index (κ2) is 8.85. The number of hydrogen-bond donors (Lipinski definition) is 2. The first kappa shape index (κ1) is 20.0. The molecule has 0 aliphatic heterocycles. The number of benzene rings is 1. The SMILES string of the molecule is CCC(C)NC(=O)CCNC(=O)c1ccc(-n2nc(C)c(Cl)c2C)cc1. The van der Waals surface area contributed by atoms with Crippen LogP contribution in [0.15, 0.2) is 24.3 Å². The van der Waals surface area contributed by atoms with E-state index in [0.717, 1.165) is 23.5 Å². The van der Waals surface area contributed by atoms with Gasteiger partial charge in [-0.15, -0.1) is 0 Å². The summed E-state index contributed by atoms with van der Waals surface area (Å²) in [5.74, 6) is -0.268. The zero-order chi connectivity index (χ0) is 19.3. The highest BCUT2D eigenvalue weighted by Gasteiger charge is 2.12. The summed E-state index contributed by atoms with van der Waals surface area (Å²) >= 11 is 6.17. The lowest BCUT2D eigenvalue weighted by molar-refractivity contribution is -0.121. The summed E-state index contributed by atoms with van der Waals surface area (Å²) in [6.45, 7) is 8.01. The maximum atomic E-state index is 12.2. The van der Waals surface area contributed by atoms with E-state index in [1.807, 2.05) is 39.8 Å². The zero-order valence-corrected chi connectivity index (χ0v) is 16.4. The molecule has 0 radical (unpaired) electrons. The van der Waals surface area contributed by atoms with Crippen LogP contribution in [0.3, 0.4) is 0 Å². The van der Waals surface area contributed by atoms with E-state index in [0.29, 0.717) is 17.1 Å². The van der Waals surface area contributed by atoms with Crippen molar-refractivity contribution in [3.05, 3.63) is 46.2 Å². The topological polar surface area (TPSA) is 76.0 Å². The fraction of sp³-hybridized carbons (Fsp3) is 0.421. The fourth-order valence-electron chi connectivity index (χ4n) is 2.47. The zero-order valence-electron chi connectivity index (χ0n) is 15.6. The molecule has 1 aromatic carbocycles. The molecule has 2 N–H and O–H groups in total. The largest absolute Gasteiger partial charge is 0.354 e. The van der Waals surface area contributed by atoms with Gasteiger partial charge < -0.3 is 10.6 Å². The maximum absolute atomic E-state index is 12.2. The van der Waals surface area contributed by atoms with Gasteiger partial charge in [0.2, 0.25) is 5.91 Å². The third kappa shape index (κ3) is 4.85. The van der Waals surface area contributed by atoms with Crippen molar-refractivity contribution >= 4 is 23.4 Å². The van der Waals surface area contributed by atoms with Crippen LogP contribution in [0, 0.1) is 13.8 Å². The number of nitrogens with zero attached hydrogens (tertiary/aromatic N) is 2. The van der Waals surface area contributed by atoms with E-state index in [1.54, 1.807) is 16.8 Å². The molecular formula is C19H25ClN4O2. The lowest BCUT2D eigenvalue weighted by atomic mass is 10.2. The molecule has 0 saturated heterocycles. The molecule has 140 valence electrons. The average Bonchev–Trinajstić information content (AvgIpc) is 2.89. The van der Waals surface area contributed by atoms with Gasteiger partial charge >= 0.3 is 0 Å². The van der Waals surface area contributed by atoms with E-state index in [4.69, 9.17) is 11.6 Å². The monoisotopic (exact) mass is 376 g/mol. The molecule has 0 spiro atoms. The number of aryl methyl sites for hydroxylation is 1. The van der Waals surface area contributed by atoms with Crippen molar-refractivity contribution in [2.24, 2.45) is 0 Å². The van der Waals surface area contributed by atoms with Crippen LogP contribution in [0.2, 0.25) is 5.02 Å². The number of nitrogens with one attached hydrogen (secondary N) is 2. The minimum absolute atomic E-state index is 0.0589. The second-order valence-electron chi connectivity index (χ2n) is 6.33. The summed E-state index contributed by atoms with van der Waals surface area (Å²) in [7, 11) is 0. The molecule has 0 fully saturated rings. The summed E-state index contributed by atoms with van der Waals surface area (Å²) in [4.78, 5) is 23.9. The third-order valence-electron chi connectivity index (χ3n) is 4.23. The first-order chi connectivity index (χ1) is 12.3. The molecule has 6 nitrogen and oxygen atoms in total. The van der Waals surface area contributed by atoms with Crippen LogP contribution in [0.25, 0.3) is 5.69 Å². The Bertz CT molecular complexity index is 784. The number of rotatable bonds is 7. The van der Waals surface area contributed by atoms with Crippen LogP contribution in [0.5, 0.6) is 0 Å². The van der Waals surface area contributed by atoms with Gasteiger partial charge in [-0.1, -0.05) is 18.5 Å². The highest BCUT2D eigenvalue weighted by molar-refractivity contribution is 6.31. The molecule has 1 aromatic heterocycles. The average molecular weight is 377 g/mol. The molecule has 0 aliphatic carbocycles. The number of carbonyl (C=O) groups is 2. The van der Waals surface area contributed by atoms with Crippen molar-refractivity contribution in [2.75, 3.05) is 6.54 Å². The van der Waals surface area contributed by atoms with E-state index in [-0.39, 0.29) is 24.3 Å². The summed E-state index contributed by atoms with van der Waals surface area (Å²) in [6, 6.07) is 7.25. The second-order valence-corrected chi connectivity index (χ2v) is 6.70. The van der Waals surface area contributed by atoms with E-state index >= 15 is 0 Å². The number of aromatic nitrogens is 2. The van der Waals surface area contributed by atoms with Gasteiger partial charge in [-0.3, -0.25) is 9.59 Å². The van der Waals surface area contributed by atoms with Crippen molar-refractivity contribution in [2.45, 2.75) is 46.6 Å². The van der Waals surface area contributed by atoms with E-state index < -0.39 is 0 Å². The van der Waals surface area contributed by atoms with Crippen LogP contribution >= 0.6 is 11.6 Å². The lowest BCUT2D eigenvalue weighted by Gasteiger charge is -2.11. The first-order valence-electron chi connectivity index (χ1n) is 8.73. The third-order valence-corrected chi connectivity index (χ3v) is 4.78. The number of hydrogen-bond acceptors (Lipinski definition) is 3. The molecule has 1 heterocycles. The van der Waals surface area contributed by atoms with Crippen LogP contribution in [-0.4, -0.2) is 34.2 Å². The quantitative estimate of drug-likeness (QED) is 0.779. The Labute approximate surface area is 158 Å². The van der Waals surface area contributed by atoms with Gasteiger partial charge in [-0.05, 0) is 51.5 Å². The van der Waals surface area contributed by atoms with Crippen LogP contribution < -0.4 is 10.6 Å². The molecule has 2 aromatic rings. The smallest absolute Gasteiger partial charge is 0.251 e. The van der Waals surface area contributed by atoms with Crippen molar-refractivity contribution < 1.29 is 9.59 Å². The molecule has 1 unspecified atom stereocenters. The van der Waals surface area contributed by atoms with Crippen molar-refractivity contribution in [1.29, 1.82) is 0 Å². The fourth-order valence-corrected chi connectivity index (χ4v) is 2.59. The molecule has 0 bridgehead atoms. The number of carbonyl (C=O) groups excluding carboxylic acids is 2. The van der Waals surface area contributed by atoms with Gasteiger partial charge in [0.25, 0.3) is 5.91 Å². The summed E-state index contributed by atoms with van der Waals surface area (Å²) in [5, 5.41) is 10.7. The molecule has 1 atom stereocenters.